The lowest BCUT2D eigenvalue weighted by atomic mass is 10.0. The number of hydrogen-bond donors (Lipinski definition) is 1. The fourth-order valence-electron chi connectivity index (χ4n) is 4.77. The third kappa shape index (κ3) is 6.25. The monoisotopic (exact) mass is 526 g/mol. The topological polar surface area (TPSA) is 125 Å². The molecule has 1 N–H and O–H groups in total. The Morgan fingerprint density at radius 1 is 1.11 bits per heavy atom. The zero-order valence-electron chi connectivity index (χ0n) is 21.2. The number of carbonyl (C=O) groups excluding carboxylic acids is 2. The summed E-state index contributed by atoms with van der Waals surface area (Å²) in [4.78, 5) is 30.0. The van der Waals surface area contributed by atoms with Crippen molar-refractivity contribution in [3.05, 3.63) is 53.5 Å². The first kappa shape index (κ1) is 26.0. The molecule has 5 rings (SSSR count). The lowest BCUT2D eigenvalue weighted by Crippen LogP contribution is -2.48. The highest BCUT2D eigenvalue weighted by molar-refractivity contribution is 5.88. The summed E-state index contributed by atoms with van der Waals surface area (Å²) in [5, 5.41) is 15.2. The summed E-state index contributed by atoms with van der Waals surface area (Å²) < 4.78 is 30.8. The molecule has 12 heteroatoms. The average molecular weight is 527 g/mol. The number of aryl methyl sites for hydroxylation is 1. The maximum absolute atomic E-state index is 13.8. The van der Waals surface area contributed by atoms with E-state index in [-0.39, 0.29) is 37.0 Å². The maximum atomic E-state index is 13.8. The average Bonchev–Trinajstić information content (AvgIpc) is 3.72. The molecule has 2 aromatic heterocycles. The zero-order chi connectivity index (χ0) is 26.5. The van der Waals surface area contributed by atoms with Crippen LogP contribution in [0.2, 0.25) is 0 Å². The van der Waals surface area contributed by atoms with E-state index >= 15 is 0 Å². The predicted molar refractivity (Wildman–Crippen MR) is 132 cm³/mol. The number of ether oxygens (including phenoxy) is 2. The fraction of sp³-hybridized carbons (Fsp3) is 0.500. The summed E-state index contributed by atoms with van der Waals surface area (Å²) in [6, 6.07) is 8.10. The third-order valence-corrected chi connectivity index (χ3v) is 6.71. The molecule has 3 aromatic rings. The predicted octanol–water partition coefficient (Wildman–Crippen LogP) is 2.42. The number of nitrogens with one attached hydrogen (secondary N) is 1. The highest BCUT2D eigenvalue weighted by atomic mass is 19.1. The quantitative estimate of drug-likeness (QED) is 0.427. The molecule has 0 unspecified atom stereocenters. The minimum atomic E-state index is -1.01. The second kappa shape index (κ2) is 11.8. The Balaban J connectivity index is 1.40. The van der Waals surface area contributed by atoms with Gasteiger partial charge in [0.05, 0.1) is 12.2 Å². The lowest BCUT2D eigenvalue weighted by molar-refractivity contribution is -0.143. The van der Waals surface area contributed by atoms with Crippen LogP contribution < -0.4 is 5.32 Å². The van der Waals surface area contributed by atoms with Crippen LogP contribution in [0.1, 0.15) is 43.0 Å². The van der Waals surface area contributed by atoms with E-state index in [1.165, 1.54) is 34.0 Å². The largest absolute Gasteiger partial charge is 0.458 e. The van der Waals surface area contributed by atoms with Crippen molar-refractivity contribution in [2.24, 2.45) is 0 Å². The van der Waals surface area contributed by atoms with Crippen LogP contribution in [0.5, 0.6) is 0 Å². The molecular formula is C26H31FN6O5. The van der Waals surface area contributed by atoms with Crippen LogP contribution in [0.4, 0.5) is 4.39 Å². The van der Waals surface area contributed by atoms with E-state index < -0.39 is 17.8 Å². The van der Waals surface area contributed by atoms with Crippen LogP contribution in [0.15, 0.2) is 40.8 Å². The number of tetrazole rings is 1. The number of hydrogen-bond acceptors (Lipinski definition) is 8. The Morgan fingerprint density at radius 2 is 1.84 bits per heavy atom. The smallest absolute Gasteiger partial charge is 0.247 e. The normalized spacial score (nSPS) is 19.9. The van der Waals surface area contributed by atoms with Gasteiger partial charge in [0.2, 0.25) is 17.6 Å². The molecule has 2 fully saturated rings. The van der Waals surface area contributed by atoms with Crippen LogP contribution in [0.3, 0.4) is 0 Å². The first-order chi connectivity index (χ1) is 18.5. The molecule has 11 nitrogen and oxygen atoms in total. The van der Waals surface area contributed by atoms with Gasteiger partial charge in [0.15, 0.2) is 5.76 Å². The molecule has 0 aliphatic carbocycles. The van der Waals surface area contributed by atoms with Crippen molar-refractivity contribution in [2.75, 3.05) is 26.3 Å². The molecule has 2 amide bonds. The number of carbonyl (C=O) groups is 2. The highest BCUT2D eigenvalue weighted by Crippen LogP contribution is 2.26. The third-order valence-electron chi connectivity index (χ3n) is 6.71. The number of aromatic nitrogens is 4. The van der Waals surface area contributed by atoms with Crippen LogP contribution in [-0.2, 0) is 25.6 Å². The van der Waals surface area contributed by atoms with Crippen LogP contribution >= 0.6 is 0 Å². The van der Waals surface area contributed by atoms with Gasteiger partial charge in [0.1, 0.15) is 24.2 Å². The van der Waals surface area contributed by atoms with Crippen LogP contribution in [-0.4, -0.2) is 75.4 Å². The molecule has 0 saturated carbocycles. The second-order valence-electron chi connectivity index (χ2n) is 9.57. The van der Waals surface area contributed by atoms with E-state index in [2.05, 4.69) is 20.7 Å². The number of rotatable bonds is 10. The minimum Gasteiger partial charge on any atom is -0.458 e. The summed E-state index contributed by atoms with van der Waals surface area (Å²) in [6.07, 6.45) is 3.14. The molecular weight excluding hydrogens is 495 g/mol. The van der Waals surface area contributed by atoms with Gasteiger partial charge in [0.25, 0.3) is 0 Å². The van der Waals surface area contributed by atoms with E-state index in [4.69, 9.17) is 13.9 Å². The molecule has 3 atom stereocenters. The Bertz CT molecular complexity index is 1230. The summed E-state index contributed by atoms with van der Waals surface area (Å²) in [7, 11) is 0. The molecule has 0 spiro atoms. The van der Waals surface area contributed by atoms with Crippen molar-refractivity contribution in [2.45, 2.75) is 57.4 Å². The van der Waals surface area contributed by atoms with Gasteiger partial charge in [-0.15, -0.1) is 10.2 Å². The van der Waals surface area contributed by atoms with Crippen molar-refractivity contribution in [3.8, 4) is 11.6 Å². The van der Waals surface area contributed by atoms with Gasteiger partial charge in [-0.2, -0.15) is 4.80 Å². The first-order valence-electron chi connectivity index (χ1n) is 12.9. The molecule has 0 radical (unpaired) electrons. The van der Waals surface area contributed by atoms with Crippen molar-refractivity contribution < 1.29 is 27.9 Å². The number of furan rings is 1. The van der Waals surface area contributed by atoms with Gasteiger partial charge < -0.3 is 24.1 Å². The van der Waals surface area contributed by atoms with Gasteiger partial charge in [0, 0.05) is 26.3 Å². The van der Waals surface area contributed by atoms with E-state index in [1.54, 1.807) is 19.1 Å². The standard InChI is InChI=1S/C26H31FN6O5/c1-17-6-11-22(38-17)25-29-31-33(30-25)16-23(34)32(15-21-5-3-13-37-21)24(18-7-9-19(27)10-8-18)26(35)28-14-20-4-2-12-36-20/h6-11,20-21,24H,2-5,12-16H2,1H3,(H,28,35)/t20-,21+,24-/m0/s1. The molecule has 1 aromatic carbocycles. The van der Waals surface area contributed by atoms with Crippen molar-refractivity contribution in [1.82, 2.24) is 30.4 Å². The number of amides is 2. The molecule has 4 heterocycles. The zero-order valence-corrected chi connectivity index (χ0v) is 21.2. The van der Waals surface area contributed by atoms with Crippen LogP contribution in [0.25, 0.3) is 11.6 Å². The van der Waals surface area contributed by atoms with Crippen molar-refractivity contribution in [3.63, 3.8) is 0 Å². The van der Waals surface area contributed by atoms with Gasteiger partial charge in [-0.1, -0.05) is 12.1 Å². The molecule has 2 aliphatic rings. The SMILES string of the molecule is Cc1ccc(-c2nnn(CC(=O)N(C[C@H]3CCCO3)[C@H](C(=O)NC[C@@H]3CCCO3)c3ccc(F)cc3)n2)o1. The molecule has 2 saturated heterocycles. The first-order valence-corrected chi connectivity index (χ1v) is 12.9. The summed E-state index contributed by atoms with van der Waals surface area (Å²) in [5.41, 5.74) is 0.487. The van der Waals surface area contributed by atoms with Crippen LogP contribution in [0, 0.1) is 12.7 Å². The Hall–Kier alpha value is -3.64. The van der Waals surface area contributed by atoms with E-state index in [0.29, 0.717) is 36.8 Å². The Labute approximate surface area is 219 Å². The molecule has 38 heavy (non-hydrogen) atoms. The minimum absolute atomic E-state index is 0.0712. The summed E-state index contributed by atoms with van der Waals surface area (Å²) in [5.74, 6) is 0.178. The van der Waals surface area contributed by atoms with Gasteiger partial charge >= 0.3 is 0 Å². The second-order valence-corrected chi connectivity index (χ2v) is 9.57. The van der Waals surface area contributed by atoms with E-state index in [1.807, 2.05) is 0 Å². The molecule has 2 aliphatic heterocycles. The van der Waals surface area contributed by atoms with Crippen molar-refractivity contribution >= 4 is 11.8 Å². The van der Waals surface area contributed by atoms with E-state index in [0.717, 1.165) is 25.7 Å². The van der Waals surface area contributed by atoms with E-state index in [9.17, 15) is 14.0 Å². The van der Waals surface area contributed by atoms with Gasteiger partial charge in [-0.05, 0) is 67.6 Å². The lowest BCUT2D eigenvalue weighted by Gasteiger charge is -2.33. The summed E-state index contributed by atoms with van der Waals surface area (Å²) in [6.45, 7) is 3.32. The molecule has 0 bridgehead atoms. The van der Waals surface area contributed by atoms with Gasteiger partial charge in [-0.25, -0.2) is 4.39 Å². The fourth-order valence-corrected chi connectivity index (χ4v) is 4.77. The van der Waals surface area contributed by atoms with Crippen molar-refractivity contribution in [1.29, 1.82) is 0 Å². The highest BCUT2D eigenvalue weighted by Gasteiger charge is 2.35. The Morgan fingerprint density at radius 3 is 2.50 bits per heavy atom. The number of benzene rings is 1. The molecule has 202 valence electrons. The summed E-state index contributed by atoms with van der Waals surface area (Å²) >= 11 is 0. The maximum Gasteiger partial charge on any atom is 0.247 e. The Kier molecular flexibility index (Phi) is 8.08. The number of halogens is 1. The number of nitrogens with zero attached hydrogens (tertiary/aromatic N) is 5. The van der Waals surface area contributed by atoms with Gasteiger partial charge in [-0.3, -0.25) is 9.59 Å².